The monoisotopic (exact) mass is 268 g/mol. The lowest BCUT2D eigenvalue weighted by Gasteiger charge is -2.16. The molecule has 3 atom stereocenters. The van der Waals surface area contributed by atoms with E-state index in [4.69, 9.17) is 0 Å². The molecule has 1 aromatic rings. The molecule has 1 aliphatic rings. The van der Waals surface area contributed by atoms with Gasteiger partial charge in [-0.25, -0.2) is 0 Å². The number of hydrogen-bond acceptors (Lipinski definition) is 5. The van der Waals surface area contributed by atoms with Crippen molar-refractivity contribution in [2.75, 3.05) is 6.54 Å². The summed E-state index contributed by atoms with van der Waals surface area (Å²) in [6.45, 7) is 3.00. The third-order valence-corrected chi connectivity index (χ3v) is 3.57. The molecule has 106 valence electrons. The molecule has 0 aliphatic heterocycles. The summed E-state index contributed by atoms with van der Waals surface area (Å²) < 4.78 is 1.40. The zero-order valence-corrected chi connectivity index (χ0v) is 11.0. The van der Waals surface area contributed by atoms with Crippen LogP contribution in [0.15, 0.2) is 12.4 Å². The first-order valence-corrected chi connectivity index (χ1v) is 6.63. The molecular formula is C12H20N4O3. The molecule has 2 rings (SSSR count). The second-order valence-corrected chi connectivity index (χ2v) is 5.35. The molecule has 1 aromatic heterocycles. The first kappa shape index (κ1) is 14.0. The van der Waals surface area contributed by atoms with Crippen LogP contribution < -0.4 is 5.32 Å². The maximum atomic E-state index is 10.5. The second kappa shape index (κ2) is 6.12. The zero-order chi connectivity index (χ0) is 13.8. The van der Waals surface area contributed by atoms with Crippen LogP contribution in [0.25, 0.3) is 0 Å². The van der Waals surface area contributed by atoms with Crippen LogP contribution in [0.4, 0.5) is 5.69 Å². The van der Waals surface area contributed by atoms with Crippen LogP contribution in [0, 0.1) is 16.0 Å². The molecule has 0 amide bonds. The van der Waals surface area contributed by atoms with Crippen molar-refractivity contribution < 1.29 is 10.0 Å². The quantitative estimate of drug-likeness (QED) is 0.591. The number of nitrogens with one attached hydrogen (secondary N) is 1. The van der Waals surface area contributed by atoms with E-state index in [-0.39, 0.29) is 12.2 Å². The molecule has 3 unspecified atom stereocenters. The van der Waals surface area contributed by atoms with Gasteiger partial charge in [0.1, 0.15) is 12.4 Å². The Balaban J connectivity index is 1.74. The van der Waals surface area contributed by atoms with Crippen molar-refractivity contribution in [1.29, 1.82) is 0 Å². The molecule has 0 bridgehead atoms. The van der Waals surface area contributed by atoms with Crippen LogP contribution in [-0.4, -0.2) is 38.5 Å². The van der Waals surface area contributed by atoms with E-state index in [9.17, 15) is 15.2 Å². The molecule has 7 nitrogen and oxygen atoms in total. The van der Waals surface area contributed by atoms with Gasteiger partial charge in [0.2, 0.25) is 0 Å². The Kier molecular flexibility index (Phi) is 4.49. The summed E-state index contributed by atoms with van der Waals surface area (Å²) in [5, 5.41) is 27.6. The Morgan fingerprint density at radius 2 is 2.47 bits per heavy atom. The summed E-state index contributed by atoms with van der Waals surface area (Å²) in [7, 11) is 0. The van der Waals surface area contributed by atoms with Crippen molar-refractivity contribution in [3.05, 3.63) is 22.5 Å². The van der Waals surface area contributed by atoms with E-state index in [1.54, 1.807) is 0 Å². The SMILES string of the molecule is CC1CCC(NCC(O)Cn2cc([N+](=O)[O-])cn2)C1. The van der Waals surface area contributed by atoms with Gasteiger partial charge < -0.3 is 10.4 Å². The fraction of sp³-hybridized carbons (Fsp3) is 0.750. The highest BCUT2D eigenvalue weighted by Crippen LogP contribution is 2.24. The lowest BCUT2D eigenvalue weighted by molar-refractivity contribution is -0.385. The number of nitro groups is 1. The van der Waals surface area contributed by atoms with Gasteiger partial charge in [-0.15, -0.1) is 0 Å². The third-order valence-electron chi connectivity index (χ3n) is 3.57. The minimum atomic E-state index is -0.588. The van der Waals surface area contributed by atoms with E-state index < -0.39 is 11.0 Å². The predicted octanol–water partition coefficient (Wildman–Crippen LogP) is 0.930. The van der Waals surface area contributed by atoms with E-state index in [1.165, 1.54) is 23.5 Å². The lowest BCUT2D eigenvalue weighted by Crippen LogP contribution is -2.36. The largest absolute Gasteiger partial charge is 0.390 e. The maximum Gasteiger partial charge on any atom is 0.306 e. The van der Waals surface area contributed by atoms with E-state index in [0.29, 0.717) is 12.6 Å². The molecular weight excluding hydrogens is 248 g/mol. The Morgan fingerprint density at radius 3 is 3.05 bits per heavy atom. The minimum Gasteiger partial charge on any atom is -0.390 e. The molecule has 0 saturated heterocycles. The summed E-state index contributed by atoms with van der Waals surface area (Å²) in [4.78, 5) is 10.0. The molecule has 1 fully saturated rings. The van der Waals surface area contributed by atoms with Gasteiger partial charge in [0.15, 0.2) is 0 Å². The van der Waals surface area contributed by atoms with Crippen LogP contribution in [0.3, 0.4) is 0 Å². The fourth-order valence-electron chi connectivity index (χ4n) is 2.52. The first-order valence-electron chi connectivity index (χ1n) is 6.63. The number of hydrogen-bond donors (Lipinski definition) is 2. The molecule has 0 radical (unpaired) electrons. The average molecular weight is 268 g/mol. The van der Waals surface area contributed by atoms with Gasteiger partial charge in [-0.3, -0.25) is 14.8 Å². The Morgan fingerprint density at radius 1 is 1.68 bits per heavy atom. The number of rotatable bonds is 6. The summed E-state index contributed by atoms with van der Waals surface area (Å²) in [6.07, 6.45) is 5.48. The summed E-state index contributed by atoms with van der Waals surface area (Å²) in [6, 6.07) is 0.483. The standard InChI is InChI=1S/C12H20N4O3/c1-9-2-3-10(4-9)13-6-12(17)8-15-7-11(5-14-15)16(18)19/h5,7,9-10,12-13,17H,2-4,6,8H2,1H3. The van der Waals surface area contributed by atoms with Crippen molar-refractivity contribution in [3.63, 3.8) is 0 Å². The van der Waals surface area contributed by atoms with Gasteiger partial charge in [0.25, 0.3) is 0 Å². The molecule has 7 heteroatoms. The summed E-state index contributed by atoms with van der Waals surface area (Å²) in [5.74, 6) is 0.753. The Bertz CT molecular complexity index is 434. The van der Waals surface area contributed by atoms with Gasteiger partial charge in [0, 0.05) is 12.6 Å². The highest BCUT2D eigenvalue weighted by molar-refractivity contribution is 5.20. The lowest BCUT2D eigenvalue weighted by atomic mass is 10.1. The molecule has 0 aromatic carbocycles. The normalized spacial score (nSPS) is 24.5. The van der Waals surface area contributed by atoms with Crippen LogP contribution in [0.5, 0.6) is 0 Å². The van der Waals surface area contributed by atoms with Gasteiger partial charge in [-0.2, -0.15) is 5.10 Å². The van der Waals surface area contributed by atoms with E-state index in [1.807, 2.05) is 0 Å². The van der Waals surface area contributed by atoms with Crippen molar-refractivity contribution in [3.8, 4) is 0 Å². The molecule has 1 heterocycles. The highest BCUT2D eigenvalue weighted by Gasteiger charge is 2.21. The predicted molar refractivity (Wildman–Crippen MR) is 69.7 cm³/mol. The molecule has 0 spiro atoms. The molecule has 1 saturated carbocycles. The zero-order valence-electron chi connectivity index (χ0n) is 11.0. The van der Waals surface area contributed by atoms with E-state index in [2.05, 4.69) is 17.3 Å². The fourth-order valence-corrected chi connectivity index (χ4v) is 2.52. The molecule has 19 heavy (non-hydrogen) atoms. The smallest absolute Gasteiger partial charge is 0.306 e. The second-order valence-electron chi connectivity index (χ2n) is 5.35. The van der Waals surface area contributed by atoms with Crippen LogP contribution >= 0.6 is 0 Å². The summed E-state index contributed by atoms with van der Waals surface area (Å²) in [5.41, 5.74) is -0.0511. The Hall–Kier alpha value is -1.47. The van der Waals surface area contributed by atoms with Crippen LogP contribution in [-0.2, 0) is 6.54 Å². The van der Waals surface area contributed by atoms with Gasteiger partial charge >= 0.3 is 5.69 Å². The van der Waals surface area contributed by atoms with Crippen molar-refractivity contribution in [1.82, 2.24) is 15.1 Å². The number of aliphatic hydroxyl groups is 1. The third kappa shape index (κ3) is 4.00. The molecule has 2 N–H and O–H groups in total. The Labute approximate surface area is 111 Å². The van der Waals surface area contributed by atoms with Crippen molar-refractivity contribution >= 4 is 5.69 Å². The van der Waals surface area contributed by atoms with Gasteiger partial charge in [-0.1, -0.05) is 6.92 Å². The van der Waals surface area contributed by atoms with E-state index >= 15 is 0 Å². The topological polar surface area (TPSA) is 93.2 Å². The number of aromatic nitrogens is 2. The van der Waals surface area contributed by atoms with E-state index in [0.717, 1.165) is 18.8 Å². The highest BCUT2D eigenvalue weighted by atomic mass is 16.6. The van der Waals surface area contributed by atoms with Crippen molar-refractivity contribution in [2.45, 2.75) is 44.9 Å². The van der Waals surface area contributed by atoms with Crippen LogP contribution in [0.2, 0.25) is 0 Å². The maximum absolute atomic E-state index is 10.5. The molecule has 1 aliphatic carbocycles. The number of aliphatic hydroxyl groups excluding tert-OH is 1. The first-order chi connectivity index (χ1) is 9.04. The summed E-state index contributed by atoms with van der Waals surface area (Å²) >= 11 is 0. The number of nitrogens with zero attached hydrogens (tertiary/aromatic N) is 3. The average Bonchev–Trinajstić information content (AvgIpc) is 2.96. The minimum absolute atomic E-state index is 0.0511. The van der Waals surface area contributed by atoms with Crippen molar-refractivity contribution in [2.24, 2.45) is 5.92 Å². The van der Waals surface area contributed by atoms with Gasteiger partial charge in [-0.05, 0) is 25.2 Å². The van der Waals surface area contributed by atoms with Gasteiger partial charge in [0.05, 0.1) is 17.6 Å². The van der Waals surface area contributed by atoms with Crippen LogP contribution in [0.1, 0.15) is 26.2 Å².